The molecule has 5 atom stereocenters. The van der Waals surface area contributed by atoms with Crippen molar-refractivity contribution >= 4 is 39.3 Å². The largest absolute Gasteiger partial charge is 0.394 e. The molecule has 1 aromatic carbocycles. The van der Waals surface area contributed by atoms with Crippen molar-refractivity contribution in [2.75, 3.05) is 6.61 Å². The average molecular weight is 411 g/mol. The van der Waals surface area contributed by atoms with Gasteiger partial charge in [0.15, 0.2) is 0 Å². The first-order chi connectivity index (χ1) is 10.5. The molecule has 0 amide bonds. The normalized spacial score (nSPS) is 31.6. The van der Waals surface area contributed by atoms with Gasteiger partial charge in [0.2, 0.25) is 0 Å². The van der Waals surface area contributed by atoms with Crippen LogP contribution in [0.4, 0.5) is 0 Å². The van der Waals surface area contributed by atoms with Gasteiger partial charge in [0, 0.05) is 14.3 Å². The predicted octanol–water partition coefficient (Wildman–Crippen LogP) is 2.31. The van der Waals surface area contributed by atoms with Gasteiger partial charge in [-0.25, -0.2) is 0 Å². The number of hydrogen-bond acceptors (Lipinski definition) is 6. The molecule has 0 unspecified atom stereocenters. The number of rotatable bonds is 4. The Morgan fingerprint density at radius 3 is 2.73 bits per heavy atom. The van der Waals surface area contributed by atoms with Gasteiger partial charge in [0.05, 0.1) is 23.8 Å². The van der Waals surface area contributed by atoms with Crippen molar-refractivity contribution in [3.8, 4) is 0 Å². The van der Waals surface area contributed by atoms with E-state index in [1.54, 1.807) is 18.2 Å². The van der Waals surface area contributed by atoms with Crippen LogP contribution in [0.15, 0.2) is 32.7 Å². The zero-order valence-electron chi connectivity index (χ0n) is 11.1. The van der Waals surface area contributed by atoms with Crippen molar-refractivity contribution in [3.63, 3.8) is 0 Å². The summed E-state index contributed by atoms with van der Waals surface area (Å²) in [6.45, 7) is -0.455. The van der Waals surface area contributed by atoms with Crippen LogP contribution in [0, 0.1) is 0 Å². The highest BCUT2D eigenvalue weighted by Crippen LogP contribution is 2.36. The first-order valence-corrected chi connectivity index (χ1v) is 8.31. The third-order valence-electron chi connectivity index (χ3n) is 3.18. The molecule has 0 aliphatic carbocycles. The fourth-order valence-corrected chi connectivity index (χ4v) is 3.64. The fraction of sp³-hybridized carbons (Fsp3) is 0.500. The van der Waals surface area contributed by atoms with E-state index in [0.717, 1.165) is 21.1 Å². The molecule has 120 valence electrons. The molecule has 7 nitrogen and oxygen atoms in total. The smallest absolute Gasteiger partial charge is 0.134 e. The van der Waals surface area contributed by atoms with E-state index in [1.165, 1.54) is 0 Å². The highest BCUT2D eigenvalue weighted by molar-refractivity contribution is 9.10. The van der Waals surface area contributed by atoms with Crippen molar-refractivity contribution in [3.05, 3.63) is 38.1 Å². The number of halogens is 2. The minimum Gasteiger partial charge on any atom is -0.394 e. The zero-order chi connectivity index (χ0) is 16.3. The van der Waals surface area contributed by atoms with Gasteiger partial charge in [-0.15, -0.1) is 0 Å². The third-order valence-corrected chi connectivity index (χ3v) is 5.56. The molecule has 1 heterocycles. The quantitative estimate of drug-likeness (QED) is 0.400. The third kappa shape index (κ3) is 3.87. The molecular formula is C12H13BrClN3O4S. The van der Waals surface area contributed by atoms with E-state index in [2.05, 4.69) is 26.0 Å². The zero-order valence-corrected chi connectivity index (χ0v) is 14.2. The maximum absolute atomic E-state index is 10.2. The van der Waals surface area contributed by atoms with E-state index in [-0.39, 0.29) is 0 Å². The van der Waals surface area contributed by atoms with Crippen LogP contribution in [0.5, 0.6) is 0 Å². The summed E-state index contributed by atoms with van der Waals surface area (Å²) in [5.74, 6) is 0. The number of nitrogens with zero attached hydrogens (tertiary/aromatic N) is 3. The summed E-state index contributed by atoms with van der Waals surface area (Å²) in [5, 5.41) is 33.4. The number of aliphatic hydroxyl groups is 3. The van der Waals surface area contributed by atoms with E-state index in [1.807, 2.05) is 0 Å². The minimum absolute atomic E-state index is 0.455. The van der Waals surface area contributed by atoms with Crippen molar-refractivity contribution in [1.82, 2.24) is 0 Å². The lowest BCUT2D eigenvalue weighted by atomic mass is 9.98. The minimum atomic E-state index is -1.28. The molecule has 0 saturated carbocycles. The highest BCUT2D eigenvalue weighted by atomic mass is 79.9. The summed E-state index contributed by atoms with van der Waals surface area (Å²) in [7, 11) is 0. The molecule has 0 aromatic heterocycles. The Hall–Kier alpha value is -0.510. The van der Waals surface area contributed by atoms with Gasteiger partial charge in [-0.05, 0) is 39.7 Å². The van der Waals surface area contributed by atoms with Gasteiger partial charge >= 0.3 is 0 Å². The van der Waals surface area contributed by atoms with Gasteiger partial charge < -0.3 is 20.1 Å². The molecule has 1 aliphatic rings. The van der Waals surface area contributed by atoms with Crippen LogP contribution in [-0.4, -0.2) is 51.7 Å². The lowest BCUT2D eigenvalue weighted by molar-refractivity contribution is -0.159. The molecule has 1 saturated heterocycles. The van der Waals surface area contributed by atoms with Crippen molar-refractivity contribution in [1.29, 1.82) is 0 Å². The number of hydrogen-bond donors (Lipinski definition) is 3. The second-order valence-corrected chi connectivity index (χ2v) is 7.03. The first-order valence-electron chi connectivity index (χ1n) is 6.26. The molecule has 10 heteroatoms. The topological polar surface area (TPSA) is 119 Å². The van der Waals surface area contributed by atoms with Gasteiger partial charge in [-0.3, -0.25) is 0 Å². The Morgan fingerprint density at radius 1 is 1.41 bits per heavy atom. The van der Waals surface area contributed by atoms with Gasteiger partial charge in [0.1, 0.15) is 17.6 Å². The van der Waals surface area contributed by atoms with Gasteiger partial charge in [0.25, 0.3) is 0 Å². The van der Waals surface area contributed by atoms with E-state index < -0.39 is 36.4 Å². The summed E-state index contributed by atoms with van der Waals surface area (Å²) in [5.41, 5.74) is 7.75. The number of benzene rings is 1. The summed E-state index contributed by atoms with van der Waals surface area (Å²) < 4.78 is 6.22. The summed E-state index contributed by atoms with van der Waals surface area (Å²) in [6.07, 6.45) is -3.44. The second-order valence-electron chi connectivity index (χ2n) is 4.60. The number of ether oxygens (including phenoxy) is 1. The van der Waals surface area contributed by atoms with Crippen molar-refractivity contribution in [2.24, 2.45) is 5.11 Å². The Balaban J connectivity index is 2.21. The standard InChI is InChI=1S/C12H13BrClN3O4S/c13-6-2-1-5(3-7(6)14)22-12-11(20)9(16-17-15)10(19)8(4-18)21-12/h1-3,8-12,18-20H,4H2/t8-,9+,10+,11-,12-/m1/s1. The van der Waals surface area contributed by atoms with Crippen LogP contribution in [0.25, 0.3) is 10.4 Å². The van der Waals surface area contributed by atoms with Crippen LogP contribution < -0.4 is 0 Å². The first kappa shape index (κ1) is 17.8. The van der Waals surface area contributed by atoms with Crippen LogP contribution >= 0.6 is 39.3 Å². The number of azide groups is 1. The summed E-state index contributed by atoms with van der Waals surface area (Å²) in [6, 6.07) is 4.12. The molecule has 1 aromatic rings. The fourth-order valence-electron chi connectivity index (χ4n) is 2.05. The Labute approximate surface area is 144 Å². The molecule has 0 bridgehead atoms. The SMILES string of the molecule is [N-]=[N+]=N[C@@H]1[C@@H](O)[C@@H](Sc2ccc(Br)c(Cl)c2)O[C@H](CO)[C@@H]1O. The van der Waals surface area contributed by atoms with E-state index >= 15 is 0 Å². The van der Waals surface area contributed by atoms with E-state index in [0.29, 0.717) is 5.02 Å². The number of thioether (sulfide) groups is 1. The van der Waals surface area contributed by atoms with Crippen molar-refractivity contribution < 1.29 is 20.1 Å². The number of aliphatic hydroxyl groups excluding tert-OH is 3. The Bertz CT molecular complexity index is 589. The molecule has 1 fully saturated rings. The lowest BCUT2D eigenvalue weighted by Crippen LogP contribution is -2.56. The molecule has 0 radical (unpaired) electrons. The van der Waals surface area contributed by atoms with Crippen molar-refractivity contribution in [2.45, 2.75) is 34.7 Å². The molecule has 0 spiro atoms. The lowest BCUT2D eigenvalue weighted by Gasteiger charge is -2.40. The highest BCUT2D eigenvalue weighted by Gasteiger charge is 2.44. The van der Waals surface area contributed by atoms with Crippen LogP contribution in [0.3, 0.4) is 0 Å². The Morgan fingerprint density at radius 2 is 2.14 bits per heavy atom. The van der Waals surface area contributed by atoms with Gasteiger partial charge in [-0.2, -0.15) is 0 Å². The van der Waals surface area contributed by atoms with Gasteiger partial charge in [-0.1, -0.05) is 28.5 Å². The maximum atomic E-state index is 10.2. The second kappa shape index (κ2) is 7.85. The summed E-state index contributed by atoms with van der Waals surface area (Å²) in [4.78, 5) is 3.35. The van der Waals surface area contributed by atoms with E-state index in [9.17, 15) is 15.3 Å². The Kier molecular flexibility index (Phi) is 6.36. The van der Waals surface area contributed by atoms with Crippen LogP contribution in [-0.2, 0) is 4.74 Å². The molecule has 3 N–H and O–H groups in total. The predicted molar refractivity (Wildman–Crippen MR) is 85.7 cm³/mol. The average Bonchev–Trinajstić information content (AvgIpc) is 2.50. The molecular weight excluding hydrogens is 398 g/mol. The summed E-state index contributed by atoms with van der Waals surface area (Å²) >= 11 is 10.5. The molecule has 1 aliphatic heterocycles. The monoisotopic (exact) mass is 409 g/mol. The molecule has 2 rings (SSSR count). The molecule has 22 heavy (non-hydrogen) atoms. The van der Waals surface area contributed by atoms with Crippen LogP contribution in [0.1, 0.15) is 0 Å². The van der Waals surface area contributed by atoms with Crippen LogP contribution in [0.2, 0.25) is 5.02 Å². The maximum Gasteiger partial charge on any atom is 0.134 e. The van der Waals surface area contributed by atoms with E-state index in [4.69, 9.17) is 21.9 Å².